The molecule has 1 saturated heterocycles. The second-order valence-corrected chi connectivity index (χ2v) is 6.82. The molecule has 2 aromatic carbocycles. The van der Waals surface area contributed by atoms with Gasteiger partial charge in [0.05, 0.1) is 13.2 Å². The second kappa shape index (κ2) is 9.46. The lowest BCUT2D eigenvalue weighted by Gasteiger charge is -2.34. The van der Waals surface area contributed by atoms with Crippen LogP contribution in [-0.2, 0) is 0 Å². The Morgan fingerprint density at radius 3 is 2.21 bits per heavy atom. The van der Waals surface area contributed by atoms with Crippen molar-refractivity contribution in [1.29, 1.82) is 0 Å². The Hall–Kier alpha value is -2.73. The van der Waals surface area contributed by atoms with Gasteiger partial charge in [-0.3, -0.25) is 4.79 Å². The van der Waals surface area contributed by atoms with Gasteiger partial charge in [-0.25, -0.2) is 0 Å². The summed E-state index contributed by atoms with van der Waals surface area (Å²) in [5.41, 5.74) is 2.50. The van der Waals surface area contributed by atoms with Crippen molar-refractivity contribution in [2.24, 2.45) is 0 Å². The zero-order valence-electron chi connectivity index (χ0n) is 16.9. The number of piperazine rings is 1. The first-order chi connectivity index (χ1) is 13.6. The zero-order valence-corrected chi connectivity index (χ0v) is 16.9. The molecule has 1 fully saturated rings. The monoisotopic (exact) mass is 383 g/mol. The molecule has 2 aromatic rings. The van der Waals surface area contributed by atoms with Crippen LogP contribution in [0.3, 0.4) is 0 Å². The van der Waals surface area contributed by atoms with Gasteiger partial charge in [0.2, 0.25) is 0 Å². The molecule has 0 radical (unpaired) electrons. The first-order valence-corrected chi connectivity index (χ1v) is 9.85. The van der Waals surface area contributed by atoms with Crippen molar-refractivity contribution in [3.63, 3.8) is 0 Å². The van der Waals surface area contributed by atoms with Gasteiger partial charge in [-0.1, -0.05) is 0 Å². The van der Waals surface area contributed by atoms with E-state index < -0.39 is 0 Å². The molecule has 0 aliphatic carbocycles. The van der Waals surface area contributed by atoms with E-state index in [1.807, 2.05) is 26.0 Å². The number of ether oxygens (including phenoxy) is 2. The number of rotatable bonds is 7. The molecule has 28 heavy (non-hydrogen) atoms. The summed E-state index contributed by atoms with van der Waals surface area (Å²) in [5.74, 6) is 1.07. The lowest BCUT2D eigenvalue weighted by Crippen LogP contribution is -2.44. The maximum absolute atomic E-state index is 12.6. The van der Waals surface area contributed by atoms with Gasteiger partial charge in [0.1, 0.15) is 0 Å². The van der Waals surface area contributed by atoms with E-state index in [2.05, 4.69) is 34.3 Å². The van der Waals surface area contributed by atoms with Crippen LogP contribution in [0.15, 0.2) is 42.5 Å². The largest absolute Gasteiger partial charge is 0.490 e. The molecule has 1 N–H and O–H groups in total. The highest BCUT2D eigenvalue weighted by Gasteiger charge is 2.15. The Morgan fingerprint density at radius 2 is 1.57 bits per heavy atom. The topological polar surface area (TPSA) is 54.0 Å². The molecule has 1 aliphatic heterocycles. The molecule has 0 spiro atoms. The third kappa shape index (κ3) is 4.95. The smallest absolute Gasteiger partial charge is 0.255 e. The third-order valence-corrected chi connectivity index (χ3v) is 4.80. The van der Waals surface area contributed by atoms with Crippen LogP contribution in [0.1, 0.15) is 24.2 Å². The summed E-state index contributed by atoms with van der Waals surface area (Å²) in [6.45, 7) is 9.07. The lowest BCUT2D eigenvalue weighted by molar-refractivity contribution is 0.102. The molecule has 1 heterocycles. The first-order valence-electron chi connectivity index (χ1n) is 9.85. The fourth-order valence-corrected chi connectivity index (χ4v) is 3.22. The predicted molar refractivity (Wildman–Crippen MR) is 113 cm³/mol. The molecule has 1 amide bonds. The van der Waals surface area contributed by atoms with Crippen molar-refractivity contribution in [2.75, 3.05) is 56.7 Å². The van der Waals surface area contributed by atoms with E-state index in [-0.39, 0.29) is 5.91 Å². The normalized spacial score (nSPS) is 14.6. The average molecular weight is 383 g/mol. The Balaban J connectivity index is 1.66. The molecular weight excluding hydrogens is 354 g/mol. The Kier molecular flexibility index (Phi) is 6.76. The number of likely N-dealkylation sites (N-methyl/N-ethyl adjacent to an activating group) is 1. The molecule has 0 unspecified atom stereocenters. The number of hydrogen-bond donors (Lipinski definition) is 1. The summed E-state index contributed by atoms with van der Waals surface area (Å²) in [5, 5.41) is 2.95. The molecule has 150 valence electrons. The second-order valence-electron chi connectivity index (χ2n) is 6.82. The Morgan fingerprint density at radius 1 is 0.929 bits per heavy atom. The highest BCUT2D eigenvalue weighted by molar-refractivity contribution is 6.04. The Labute approximate surface area is 167 Å². The predicted octanol–water partition coefficient (Wildman–Crippen LogP) is 3.49. The average Bonchev–Trinajstić information content (AvgIpc) is 2.71. The van der Waals surface area contributed by atoms with E-state index in [9.17, 15) is 4.79 Å². The quantitative estimate of drug-likeness (QED) is 0.793. The summed E-state index contributed by atoms with van der Waals surface area (Å²) >= 11 is 0. The first kappa shape index (κ1) is 20.0. The number of amides is 1. The van der Waals surface area contributed by atoms with Crippen LogP contribution in [0.4, 0.5) is 11.4 Å². The van der Waals surface area contributed by atoms with E-state index in [0.29, 0.717) is 30.3 Å². The van der Waals surface area contributed by atoms with Crippen LogP contribution in [-0.4, -0.2) is 57.2 Å². The van der Waals surface area contributed by atoms with Crippen molar-refractivity contribution in [3.8, 4) is 11.5 Å². The van der Waals surface area contributed by atoms with Gasteiger partial charge in [0, 0.05) is 43.1 Å². The number of anilines is 2. The standard InChI is InChI=1S/C22H29N3O3/c1-4-27-20-11-6-17(16-21(20)28-5-2)22(26)23-18-7-9-19(10-8-18)25-14-12-24(3)13-15-25/h6-11,16H,4-5,12-15H2,1-3H3,(H,23,26). The number of carbonyl (C=O) groups is 1. The van der Waals surface area contributed by atoms with E-state index in [4.69, 9.17) is 9.47 Å². The summed E-state index contributed by atoms with van der Waals surface area (Å²) in [6, 6.07) is 13.3. The van der Waals surface area contributed by atoms with Crippen LogP contribution in [0.5, 0.6) is 11.5 Å². The SMILES string of the molecule is CCOc1ccc(C(=O)Nc2ccc(N3CCN(C)CC3)cc2)cc1OCC. The van der Waals surface area contributed by atoms with Gasteiger partial charge in [-0.05, 0) is 63.4 Å². The van der Waals surface area contributed by atoms with Gasteiger partial charge in [-0.2, -0.15) is 0 Å². The molecule has 0 saturated carbocycles. The van der Waals surface area contributed by atoms with Crippen molar-refractivity contribution in [3.05, 3.63) is 48.0 Å². The number of nitrogens with one attached hydrogen (secondary N) is 1. The summed E-state index contributed by atoms with van der Waals surface area (Å²) in [4.78, 5) is 17.3. The van der Waals surface area contributed by atoms with Gasteiger partial charge < -0.3 is 24.6 Å². The molecule has 3 rings (SSSR count). The molecule has 0 atom stereocenters. The minimum absolute atomic E-state index is 0.170. The van der Waals surface area contributed by atoms with Crippen molar-refractivity contribution in [1.82, 2.24) is 4.90 Å². The highest BCUT2D eigenvalue weighted by atomic mass is 16.5. The number of nitrogens with zero attached hydrogens (tertiary/aromatic N) is 2. The van der Waals surface area contributed by atoms with Crippen LogP contribution in [0.25, 0.3) is 0 Å². The van der Waals surface area contributed by atoms with Gasteiger partial charge in [0.15, 0.2) is 11.5 Å². The van der Waals surface area contributed by atoms with Crippen molar-refractivity contribution in [2.45, 2.75) is 13.8 Å². The fourth-order valence-electron chi connectivity index (χ4n) is 3.22. The van der Waals surface area contributed by atoms with Gasteiger partial charge in [0.25, 0.3) is 5.91 Å². The van der Waals surface area contributed by atoms with Crippen molar-refractivity contribution < 1.29 is 14.3 Å². The minimum Gasteiger partial charge on any atom is -0.490 e. The fraction of sp³-hybridized carbons (Fsp3) is 0.409. The van der Waals surface area contributed by atoms with Crippen LogP contribution in [0, 0.1) is 0 Å². The lowest BCUT2D eigenvalue weighted by atomic mass is 10.1. The maximum atomic E-state index is 12.6. The van der Waals surface area contributed by atoms with Crippen LogP contribution in [0.2, 0.25) is 0 Å². The summed E-state index contributed by atoms with van der Waals surface area (Å²) in [6.07, 6.45) is 0. The van der Waals surface area contributed by atoms with Crippen LogP contribution >= 0.6 is 0 Å². The third-order valence-electron chi connectivity index (χ3n) is 4.80. The number of benzene rings is 2. The van der Waals surface area contributed by atoms with E-state index in [0.717, 1.165) is 31.9 Å². The zero-order chi connectivity index (χ0) is 19.9. The minimum atomic E-state index is -0.170. The molecule has 6 heteroatoms. The van der Waals surface area contributed by atoms with Gasteiger partial charge in [-0.15, -0.1) is 0 Å². The number of hydrogen-bond acceptors (Lipinski definition) is 5. The van der Waals surface area contributed by atoms with Crippen LogP contribution < -0.4 is 19.7 Å². The van der Waals surface area contributed by atoms with Crippen molar-refractivity contribution >= 4 is 17.3 Å². The molecule has 1 aliphatic rings. The molecular formula is C22H29N3O3. The molecule has 0 aromatic heterocycles. The summed E-state index contributed by atoms with van der Waals surface area (Å²) < 4.78 is 11.2. The molecule has 6 nitrogen and oxygen atoms in total. The van der Waals surface area contributed by atoms with E-state index in [1.165, 1.54) is 5.69 Å². The Bertz CT molecular complexity index is 784. The van der Waals surface area contributed by atoms with E-state index in [1.54, 1.807) is 18.2 Å². The van der Waals surface area contributed by atoms with Gasteiger partial charge >= 0.3 is 0 Å². The summed E-state index contributed by atoms with van der Waals surface area (Å²) in [7, 11) is 2.15. The molecule has 0 bridgehead atoms. The van der Waals surface area contributed by atoms with E-state index >= 15 is 0 Å². The highest BCUT2D eigenvalue weighted by Crippen LogP contribution is 2.29. The number of carbonyl (C=O) groups excluding carboxylic acids is 1. The maximum Gasteiger partial charge on any atom is 0.255 e.